The molecule has 76 valence electrons. The summed E-state index contributed by atoms with van der Waals surface area (Å²) in [6.07, 6.45) is 0. The fraction of sp³-hybridized carbons (Fsp3) is 0.0909. The summed E-state index contributed by atoms with van der Waals surface area (Å²) in [5, 5.41) is 7.79. The first-order valence-corrected chi connectivity index (χ1v) is 4.64. The molecule has 0 bridgehead atoms. The van der Waals surface area contributed by atoms with Crippen molar-refractivity contribution in [2.75, 3.05) is 0 Å². The SMILES string of the molecule is NCc1ccc(Oc2ccccc2)nn1. The standard InChI is InChI=1S/C11H11N3O/c12-8-9-6-7-11(14-13-9)15-10-4-2-1-3-5-10/h1-7H,8,12H2. The molecule has 4 heteroatoms. The minimum Gasteiger partial charge on any atom is -0.438 e. The maximum Gasteiger partial charge on any atom is 0.238 e. The zero-order valence-corrected chi connectivity index (χ0v) is 8.13. The number of hydrogen-bond donors (Lipinski definition) is 1. The molecule has 2 rings (SSSR count). The predicted molar refractivity (Wildman–Crippen MR) is 56.4 cm³/mol. The average molecular weight is 201 g/mol. The van der Waals surface area contributed by atoms with E-state index in [1.165, 1.54) is 0 Å². The maximum atomic E-state index is 5.46. The molecule has 0 saturated heterocycles. The van der Waals surface area contributed by atoms with E-state index in [1.807, 2.05) is 30.3 Å². The van der Waals surface area contributed by atoms with E-state index in [1.54, 1.807) is 12.1 Å². The number of benzene rings is 1. The van der Waals surface area contributed by atoms with Crippen LogP contribution in [-0.4, -0.2) is 10.2 Å². The van der Waals surface area contributed by atoms with E-state index in [2.05, 4.69) is 10.2 Å². The Kier molecular flexibility index (Phi) is 2.90. The third-order valence-electron chi connectivity index (χ3n) is 1.87. The topological polar surface area (TPSA) is 61.0 Å². The van der Waals surface area contributed by atoms with Crippen LogP contribution in [0.2, 0.25) is 0 Å². The number of rotatable bonds is 3. The summed E-state index contributed by atoms with van der Waals surface area (Å²) >= 11 is 0. The van der Waals surface area contributed by atoms with E-state index in [9.17, 15) is 0 Å². The molecule has 2 aromatic rings. The lowest BCUT2D eigenvalue weighted by molar-refractivity contribution is 0.454. The van der Waals surface area contributed by atoms with Crippen LogP contribution in [-0.2, 0) is 6.54 Å². The van der Waals surface area contributed by atoms with Crippen LogP contribution in [0.25, 0.3) is 0 Å². The largest absolute Gasteiger partial charge is 0.438 e. The van der Waals surface area contributed by atoms with Crippen LogP contribution in [0.4, 0.5) is 0 Å². The van der Waals surface area contributed by atoms with Crippen molar-refractivity contribution in [3.8, 4) is 11.6 Å². The van der Waals surface area contributed by atoms with Crippen molar-refractivity contribution in [3.05, 3.63) is 48.2 Å². The molecule has 0 spiro atoms. The van der Waals surface area contributed by atoms with Gasteiger partial charge in [0.25, 0.3) is 0 Å². The second-order valence-corrected chi connectivity index (χ2v) is 2.98. The first-order chi connectivity index (χ1) is 7.38. The minimum atomic E-state index is 0.388. The summed E-state index contributed by atoms with van der Waals surface area (Å²) in [6.45, 7) is 0.388. The molecule has 4 nitrogen and oxygen atoms in total. The number of para-hydroxylation sites is 1. The number of nitrogens with zero attached hydrogens (tertiary/aromatic N) is 2. The summed E-state index contributed by atoms with van der Waals surface area (Å²) in [6, 6.07) is 13.0. The van der Waals surface area contributed by atoms with Crippen molar-refractivity contribution in [1.82, 2.24) is 10.2 Å². The number of aromatic nitrogens is 2. The summed E-state index contributed by atoms with van der Waals surface area (Å²) in [5.74, 6) is 1.21. The van der Waals surface area contributed by atoms with Gasteiger partial charge in [0.2, 0.25) is 5.88 Å². The molecule has 0 fully saturated rings. The molecular formula is C11H11N3O. The van der Waals surface area contributed by atoms with E-state index in [0.29, 0.717) is 12.4 Å². The molecule has 0 aliphatic carbocycles. The molecule has 1 aromatic carbocycles. The van der Waals surface area contributed by atoms with Gasteiger partial charge in [-0.1, -0.05) is 18.2 Å². The molecule has 2 N–H and O–H groups in total. The van der Waals surface area contributed by atoms with E-state index >= 15 is 0 Å². The van der Waals surface area contributed by atoms with Gasteiger partial charge in [0, 0.05) is 12.6 Å². The average Bonchev–Trinajstić information content (AvgIpc) is 2.31. The van der Waals surface area contributed by atoms with E-state index in [4.69, 9.17) is 10.5 Å². The second kappa shape index (κ2) is 4.52. The van der Waals surface area contributed by atoms with Gasteiger partial charge in [0.1, 0.15) is 5.75 Å². The van der Waals surface area contributed by atoms with E-state index in [0.717, 1.165) is 11.4 Å². The molecule has 0 radical (unpaired) electrons. The zero-order valence-electron chi connectivity index (χ0n) is 8.13. The van der Waals surface area contributed by atoms with E-state index in [-0.39, 0.29) is 0 Å². The van der Waals surface area contributed by atoms with Crippen molar-refractivity contribution in [2.24, 2.45) is 5.73 Å². The highest BCUT2D eigenvalue weighted by molar-refractivity contribution is 5.26. The Morgan fingerprint density at radius 3 is 2.40 bits per heavy atom. The molecule has 0 aliphatic heterocycles. The van der Waals surface area contributed by atoms with Crippen LogP contribution in [0.15, 0.2) is 42.5 Å². The van der Waals surface area contributed by atoms with Crippen LogP contribution in [0.5, 0.6) is 11.6 Å². The first-order valence-electron chi connectivity index (χ1n) is 4.64. The molecule has 0 saturated carbocycles. The van der Waals surface area contributed by atoms with Crippen LogP contribution < -0.4 is 10.5 Å². The fourth-order valence-corrected chi connectivity index (χ4v) is 1.12. The number of nitrogens with two attached hydrogens (primary N) is 1. The summed E-state index contributed by atoms with van der Waals surface area (Å²) in [7, 11) is 0. The van der Waals surface area contributed by atoms with Crippen molar-refractivity contribution in [1.29, 1.82) is 0 Å². The van der Waals surface area contributed by atoms with Gasteiger partial charge in [-0.15, -0.1) is 5.10 Å². The Balaban J connectivity index is 2.11. The lowest BCUT2D eigenvalue weighted by Gasteiger charge is -2.03. The zero-order chi connectivity index (χ0) is 10.5. The molecule has 15 heavy (non-hydrogen) atoms. The number of hydrogen-bond acceptors (Lipinski definition) is 4. The quantitative estimate of drug-likeness (QED) is 0.821. The Morgan fingerprint density at radius 2 is 1.80 bits per heavy atom. The molecule has 0 amide bonds. The Bertz CT molecular complexity index is 414. The summed E-state index contributed by atoms with van der Waals surface area (Å²) in [4.78, 5) is 0. The van der Waals surface area contributed by atoms with E-state index < -0.39 is 0 Å². The van der Waals surface area contributed by atoms with Gasteiger partial charge in [-0.2, -0.15) is 5.10 Å². The van der Waals surface area contributed by atoms with Crippen molar-refractivity contribution in [2.45, 2.75) is 6.54 Å². The van der Waals surface area contributed by atoms with Crippen LogP contribution in [0.1, 0.15) is 5.69 Å². The van der Waals surface area contributed by atoms with Crippen molar-refractivity contribution in [3.63, 3.8) is 0 Å². The fourth-order valence-electron chi connectivity index (χ4n) is 1.12. The van der Waals surface area contributed by atoms with Gasteiger partial charge < -0.3 is 10.5 Å². The lowest BCUT2D eigenvalue weighted by Crippen LogP contribution is -2.01. The Hall–Kier alpha value is -1.94. The third-order valence-corrected chi connectivity index (χ3v) is 1.87. The minimum absolute atomic E-state index is 0.388. The smallest absolute Gasteiger partial charge is 0.238 e. The number of ether oxygens (including phenoxy) is 1. The molecule has 1 aromatic heterocycles. The molecule has 1 heterocycles. The lowest BCUT2D eigenvalue weighted by atomic mass is 10.3. The van der Waals surface area contributed by atoms with Crippen LogP contribution >= 0.6 is 0 Å². The molecule has 0 unspecified atom stereocenters. The van der Waals surface area contributed by atoms with Gasteiger partial charge in [-0.25, -0.2) is 0 Å². The molecular weight excluding hydrogens is 190 g/mol. The second-order valence-electron chi connectivity index (χ2n) is 2.98. The Morgan fingerprint density at radius 1 is 1.00 bits per heavy atom. The first kappa shape index (κ1) is 9.61. The van der Waals surface area contributed by atoms with Gasteiger partial charge in [0.15, 0.2) is 0 Å². The molecule has 0 aliphatic rings. The van der Waals surface area contributed by atoms with Crippen molar-refractivity contribution >= 4 is 0 Å². The highest BCUT2D eigenvalue weighted by atomic mass is 16.5. The maximum absolute atomic E-state index is 5.46. The normalized spacial score (nSPS) is 9.93. The Labute approximate surface area is 87.7 Å². The third kappa shape index (κ3) is 2.51. The highest BCUT2D eigenvalue weighted by Gasteiger charge is 1.98. The summed E-state index contributed by atoms with van der Waals surface area (Å²) < 4.78 is 5.46. The van der Waals surface area contributed by atoms with Gasteiger partial charge in [0.05, 0.1) is 5.69 Å². The van der Waals surface area contributed by atoms with Crippen LogP contribution in [0, 0.1) is 0 Å². The van der Waals surface area contributed by atoms with Crippen molar-refractivity contribution < 1.29 is 4.74 Å². The molecule has 0 atom stereocenters. The highest BCUT2D eigenvalue weighted by Crippen LogP contribution is 2.17. The monoisotopic (exact) mass is 201 g/mol. The van der Waals surface area contributed by atoms with Gasteiger partial charge >= 0.3 is 0 Å². The predicted octanol–water partition coefficient (Wildman–Crippen LogP) is 1.73. The summed E-state index contributed by atoms with van der Waals surface area (Å²) in [5.41, 5.74) is 6.15. The van der Waals surface area contributed by atoms with Crippen LogP contribution in [0.3, 0.4) is 0 Å². The van der Waals surface area contributed by atoms with Gasteiger partial charge in [-0.05, 0) is 18.2 Å². The van der Waals surface area contributed by atoms with Gasteiger partial charge in [-0.3, -0.25) is 0 Å².